The summed E-state index contributed by atoms with van der Waals surface area (Å²) >= 11 is 5.70. The molecule has 0 bridgehead atoms. The maximum absolute atomic E-state index is 14.0. The molecule has 1 aromatic carbocycles. The van der Waals surface area contributed by atoms with Crippen LogP contribution in [0.5, 0.6) is 0 Å². The Morgan fingerprint density at radius 3 is 2.46 bits per heavy atom. The summed E-state index contributed by atoms with van der Waals surface area (Å²) in [7, 11) is -3.80. The molecule has 0 aromatic heterocycles. The van der Waals surface area contributed by atoms with Gasteiger partial charge in [-0.15, -0.1) is 0 Å². The van der Waals surface area contributed by atoms with Gasteiger partial charge < -0.3 is 4.74 Å². The van der Waals surface area contributed by atoms with Gasteiger partial charge in [0.1, 0.15) is 10.7 Å². The Labute approximate surface area is 147 Å². The minimum atomic E-state index is -3.80. The van der Waals surface area contributed by atoms with Crippen LogP contribution >= 0.6 is 11.6 Å². The number of hydrogen-bond donors (Lipinski definition) is 0. The van der Waals surface area contributed by atoms with E-state index >= 15 is 0 Å². The third kappa shape index (κ3) is 4.08. The third-order valence-corrected chi connectivity index (χ3v) is 6.87. The molecule has 2 aliphatic heterocycles. The number of hydrogen-bond acceptors (Lipinski definition) is 4. The second-order valence-corrected chi connectivity index (χ2v) is 8.68. The summed E-state index contributed by atoms with van der Waals surface area (Å²) in [5.74, 6) is -0.317. The Kier molecular flexibility index (Phi) is 5.77. The van der Waals surface area contributed by atoms with E-state index in [1.54, 1.807) is 0 Å². The summed E-state index contributed by atoms with van der Waals surface area (Å²) in [6.45, 7) is 5.25. The van der Waals surface area contributed by atoms with Gasteiger partial charge in [0.2, 0.25) is 10.0 Å². The summed E-state index contributed by atoms with van der Waals surface area (Å²) < 4.78 is 46.0. The van der Waals surface area contributed by atoms with Crippen molar-refractivity contribution in [2.75, 3.05) is 45.9 Å². The van der Waals surface area contributed by atoms with E-state index in [1.165, 1.54) is 16.4 Å². The van der Waals surface area contributed by atoms with E-state index in [2.05, 4.69) is 4.90 Å². The molecule has 2 aliphatic rings. The van der Waals surface area contributed by atoms with Crippen molar-refractivity contribution < 1.29 is 17.5 Å². The van der Waals surface area contributed by atoms with E-state index in [1.807, 2.05) is 0 Å². The minimum absolute atomic E-state index is 0.190. The molecule has 0 radical (unpaired) electrons. The lowest BCUT2D eigenvalue weighted by Gasteiger charge is -2.35. The maximum Gasteiger partial charge on any atom is 0.245 e. The fourth-order valence-electron chi connectivity index (χ4n) is 3.30. The fraction of sp³-hybridized carbons (Fsp3) is 0.625. The van der Waals surface area contributed by atoms with E-state index < -0.39 is 15.8 Å². The maximum atomic E-state index is 14.0. The van der Waals surface area contributed by atoms with Crippen LogP contribution in [0.3, 0.4) is 0 Å². The quantitative estimate of drug-likeness (QED) is 0.808. The van der Waals surface area contributed by atoms with Crippen LogP contribution < -0.4 is 0 Å². The average Bonchev–Trinajstić information content (AvgIpc) is 2.56. The van der Waals surface area contributed by atoms with Crippen LogP contribution in [-0.4, -0.2) is 63.6 Å². The van der Waals surface area contributed by atoms with E-state index in [0.717, 1.165) is 51.8 Å². The lowest BCUT2D eigenvalue weighted by atomic mass is 9.97. The zero-order chi connectivity index (χ0) is 17.2. The number of nitrogens with zero attached hydrogens (tertiary/aromatic N) is 2. The predicted molar refractivity (Wildman–Crippen MR) is 90.2 cm³/mol. The minimum Gasteiger partial charge on any atom is -0.379 e. The van der Waals surface area contributed by atoms with Gasteiger partial charge in [0, 0.05) is 37.7 Å². The first-order chi connectivity index (χ1) is 11.5. The van der Waals surface area contributed by atoms with Crippen molar-refractivity contribution in [3.63, 3.8) is 0 Å². The normalized spacial score (nSPS) is 21.9. The van der Waals surface area contributed by atoms with Gasteiger partial charge in [0.25, 0.3) is 0 Å². The molecule has 0 atom stereocenters. The number of piperidine rings is 1. The zero-order valence-electron chi connectivity index (χ0n) is 13.5. The van der Waals surface area contributed by atoms with Crippen LogP contribution in [0.2, 0.25) is 5.02 Å². The zero-order valence-corrected chi connectivity index (χ0v) is 15.0. The van der Waals surface area contributed by atoms with Crippen molar-refractivity contribution in [1.29, 1.82) is 0 Å². The number of sulfonamides is 1. The Bertz CT molecular complexity index is 672. The second-order valence-electron chi connectivity index (χ2n) is 6.34. The SMILES string of the molecule is O=S(=O)(c1ccc(Cl)cc1F)N1CCC(CN2CCOCC2)CC1. The first kappa shape index (κ1) is 18.1. The van der Waals surface area contributed by atoms with Crippen molar-refractivity contribution in [2.45, 2.75) is 17.7 Å². The standard InChI is InChI=1S/C16H22ClFN2O3S/c17-14-1-2-16(15(18)11-14)24(21,22)20-5-3-13(4-6-20)12-19-7-9-23-10-8-19/h1-2,11,13H,3-10,12H2. The molecule has 0 unspecified atom stereocenters. The van der Waals surface area contributed by atoms with Crippen molar-refractivity contribution in [2.24, 2.45) is 5.92 Å². The highest BCUT2D eigenvalue weighted by atomic mass is 35.5. The number of rotatable bonds is 4. The van der Waals surface area contributed by atoms with Crippen LogP contribution in [0, 0.1) is 11.7 Å². The number of benzene rings is 1. The molecule has 5 nitrogen and oxygen atoms in total. The molecule has 2 fully saturated rings. The van der Waals surface area contributed by atoms with Gasteiger partial charge in [-0.3, -0.25) is 4.90 Å². The summed E-state index contributed by atoms with van der Waals surface area (Å²) in [5, 5.41) is 0.190. The van der Waals surface area contributed by atoms with Gasteiger partial charge in [0.15, 0.2) is 0 Å². The Morgan fingerprint density at radius 1 is 1.17 bits per heavy atom. The lowest BCUT2D eigenvalue weighted by molar-refractivity contribution is 0.0269. The number of halogens is 2. The summed E-state index contributed by atoms with van der Waals surface area (Å²) in [4.78, 5) is 2.08. The van der Waals surface area contributed by atoms with Gasteiger partial charge in [0.05, 0.1) is 13.2 Å². The number of morpholine rings is 1. The first-order valence-corrected chi connectivity index (χ1v) is 10.0. The molecule has 0 aliphatic carbocycles. The highest BCUT2D eigenvalue weighted by Gasteiger charge is 2.32. The summed E-state index contributed by atoms with van der Waals surface area (Å²) in [6.07, 6.45) is 1.59. The van der Waals surface area contributed by atoms with Crippen LogP contribution in [0.15, 0.2) is 23.1 Å². The molecule has 0 amide bonds. The van der Waals surface area contributed by atoms with Crippen LogP contribution in [0.4, 0.5) is 4.39 Å². The molecule has 24 heavy (non-hydrogen) atoms. The van der Waals surface area contributed by atoms with Gasteiger partial charge in [-0.1, -0.05) is 11.6 Å². The Morgan fingerprint density at radius 2 is 1.83 bits per heavy atom. The van der Waals surface area contributed by atoms with Crippen LogP contribution in [-0.2, 0) is 14.8 Å². The predicted octanol–water partition coefficient (Wildman–Crippen LogP) is 2.21. The van der Waals surface area contributed by atoms with Gasteiger partial charge >= 0.3 is 0 Å². The largest absolute Gasteiger partial charge is 0.379 e. The first-order valence-electron chi connectivity index (χ1n) is 8.22. The van der Waals surface area contributed by atoms with E-state index in [4.69, 9.17) is 16.3 Å². The second kappa shape index (κ2) is 7.66. The highest BCUT2D eigenvalue weighted by Crippen LogP contribution is 2.27. The lowest BCUT2D eigenvalue weighted by Crippen LogP contribution is -2.44. The molecule has 2 heterocycles. The average molecular weight is 377 g/mol. The monoisotopic (exact) mass is 376 g/mol. The summed E-state index contributed by atoms with van der Waals surface area (Å²) in [5.41, 5.74) is 0. The third-order valence-electron chi connectivity index (χ3n) is 4.71. The van der Waals surface area contributed by atoms with Gasteiger partial charge in [-0.05, 0) is 37.0 Å². The van der Waals surface area contributed by atoms with Crippen molar-refractivity contribution in [3.05, 3.63) is 29.0 Å². The van der Waals surface area contributed by atoms with Gasteiger partial charge in [-0.25, -0.2) is 12.8 Å². The summed E-state index contributed by atoms with van der Waals surface area (Å²) in [6, 6.07) is 3.69. The van der Waals surface area contributed by atoms with E-state index in [0.29, 0.717) is 19.0 Å². The van der Waals surface area contributed by atoms with E-state index in [9.17, 15) is 12.8 Å². The van der Waals surface area contributed by atoms with Crippen molar-refractivity contribution in [1.82, 2.24) is 9.21 Å². The van der Waals surface area contributed by atoms with Crippen LogP contribution in [0.25, 0.3) is 0 Å². The van der Waals surface area contributed by atoms with Crippen molar-refractivity contribution in [3.8, 4) is 0 Å². The molecule has 134 valence electrons. The molecule has 0 N–H and O–H groups in total. The Balaban J connectivity index is 1.61. The van der Waals surface area contributed by atoms with Crippen LogP contribution in [0.1, 0.15) is 12.8 Å². The molecule has 1 aromatic rings. The Hall–Kier alpha value is -0.730. The number of ether oxygens (including phenoxy) is 1. The van der Waals surface area contributed by atoms with Crippen molar-refractivity contribution >= 4 is 21.6 Å². The molecular weight excluding hydrogens is 355 g/mol. The van der Waals surface area contributed by atoms with Gasteiger partial charge in [-0.2, -0.15) is 4.31 Å². The van der Waals surface area contributed by atoms with E-state index in [-0.39, 0.29) is 9.92 Å². The molecule has 0 spiro atoms. The molecule has 0 saturated carbocycles. The molecule has 3 rings (SSSR count). The molecule has 2 saturated heterocycles. The fourth-order valence-corrected chi connectivity index (χ4v) is 4.98. The highest BCUT2D eigenvalue weighted by molar-refractivity contribution is 7.89. The smallest absolute Gasteiger partial charge is 0.245 e. The topological polar surface area (TPSA) is 49.9 Å². The molecule has 8 heteroatoms. The molecular formula is C16H22ClFN2O3S.